The van der Waals surface area contributed by atoms with Crippen molar-refractivity contribution in [3.05, 3.63) is 0 Å². The summed E-state index contributed by atoms with van der Waals surface area (Å²) in [5.74, 6) is 0. The summed E-state index contributed by atoms with van der Waals surface area (Å²) in [5, 5.41) is 13.0. The van der Waals surface area contributed by atoms with Gasteiger partial charge in [-0.05, 0) is 31.0 Å². The first kappa shape index (κ1) is 15.8. The molecule has 2 aliphatic rings. The van der Waals surface area contributed by atoms with Gasteiger partial charge in [0.1, 0.15) is 0 Å². The van der Waals surface area contributed by atoms with E-state index in [9.17, 15) is 9.90 Å². The molecule has 2 aliphatic heterocycles. The van der Waals surface area contributed by atoms with E-state index in [4.69, 9.17) is 4.43 Å². The van der Waals surface area contributed by atoms with E-state index in [-0.39, 0.29) is 23.2 Å². The van der Waals surface area contributed by atoms with E-state index in [0.717, 1.165) is 19.4 Å². The maximum Gasteiger partial charge on any atom is 0.407 e. The Morgan fingerprint density at radius 3 is 2.60 bits per heavy atom. The van der Waals surface area contributed by atoms with Gasteiger partial charge in [0.05, 0.1) is 12.6 Å². The molecule has 1 amide bonds. The Bertz CT molecular complexity index is 381. The number of amides is 1. The summed E-state index contributed by atoms with van der Waals surface area (Å²) in [6, 6.07) is 0.372. The van der Waals surface area contributed by atoms with Crippen LogP contribution in [0.5, 0.6) is 0 Å². The van der Waals surface area contributed by atoms with Crippen LogP contribution in [-0.2, 0) is 4.43 Å². The fourth-order valence-corrected chi connectivity index (χ4v) is 3.94. The molecular weight excluding hydrogens is 272 g/mol. The van der Waals surface area contributed by atoms with Crippen LogP contribution in [0.4, 0.5) is 4.79 Å². The largest absolute Gasteiger partial charge is 0.465 e. The Morgan fingerprint density at radius 2 is 2.05 bits per heavy atom. The van der Waals surface area contributed by atoms with Crippen LogP contribution in [0.15, 0.2) is 0 Å². The van der Waals surface area contributed by atoms with Crippen molar-refractivity contribution >= 4 is 14.4 Å². The number of carboxylic acid groups (broad SMARTS) is 1. The molecule has 0 aromatic rings. The smallest absolute Gasteiger partial charge is 0.407 e. The zero-order valence-electron chi connectivity index (χ0n) is 13.3. The van der Waals surface area contributed by atoms with Crippen molar-refractivity contribution in [2.45, 2.75) is 69.9 Å². The molecule has 0 aromatic heterocycles. The molecule has 0 radical (unpaired) electrons. The van der Waals surface area contributed by atoms with Crippen LogP contribution >= 0.6 is 0 Å². The highest BCUT2D eigenvalue weighted by atomic mass is 28.4. The molecule has 116 valence electrons. The Labute approximate surface area is 122 Å². The lowest BCUT2D eigenvalue weighted by atomic mass is 10.1. The molecule has 2 heterocycles. The third-order valence-electron chi connectivity index (χ3n) is 5.28. The van der Waals surface area contributed by atoms with Crippen LogP contribution in [0.1, 0.15) is 33.6 Å². The third-order valence-corrected chi connectivity index (χ3v) is 9.78. The summed E-state index contributed by atoms with van der Waals surface area (Å²) >= 11 is 0. The average molecular weight is 300 g/mol. The molecule has 3 atom stereocenters. The van der Waals surface area contributed by atoms with Crippen molar-refractivity contribution in [2.24, 2.45) is 0 Å². The molecule has 6 heteroatoms. The zero-order chi connectivity index (χ0) is 15.1. The van der Waals surface area contributed by atoms with Crippen LogP contribution < -0.4 is 5.32 Å². The lowest BCUT2D eigenvalue weighted by Crippen LogP contribution is -2.61. The minimum Gasteiger partial charge on any atom is -0.465 e. The molecule has 20 heavy (non-hydrogen) atoms. The van der Waals surface area contributed by atoms with Crippen molar-refractivity contribution in [2.75, 3.05) is 13.2 Å². The number of nitrogens with zero attached hydrogens (tertiary/aromatic N) is 1. The maximum atomic E-state index is 11.4. The lowest BCUT2D eigenvalue weighted by molar-refractivity contribution is 0.0763. The molecule has 2 fully saturated rings. The highest BCUT2D eigenvalue weighted by Crippen LogP contribution is 2.37. The van der Waals surface area contributed by atoms with E-state index in [1.807, 2.05) is 0 Å². The van der Waals surface area contributed by atoms with Crippen molar-refractivity contribution in [3.63, 3.8) is 0 Å². The van der Waals surface area contributed by atoms with Crippen LogP contribution in [0.2, 0.25) is 18.1 Å². The van der Waals surface area contributed by atoms with E-state index in [2.05, 4.69) is 39.2 Å². The second-order valence-corrected chi connectivity index (χ2v) is 12.4. The molecule has 2 rings (SSSR count). The molecule has 5 nitrogen and oxygen atoms in total. The van der Waals surface area contributed by atoms with Gasteiger partial charge in [0.2, 0.25) is 0 Å². The van der Waals surface area contributed by atoms with Gasteiger partial charge in [-0.25, -0.2) is 4.79 Å². The van der Waals surface area contributed by atoms with E-state index in [0.29, 0.717) is 6.61 Å². The summed E-state index contributed by atoms with van der Waals surface area (Å²) in [6.45, 7) is 12.5. The van der Waals surface area contributed by atoms with Gasteiger partial charge < -0.3 is 14.8 Å². The van der Waals surface area contributed by atoms with E-state index in [1.54, 1.807) is 4.90 Å². The van der Waals surface area contributed by atoms with E-state index < -0.39 is 14.4 Å². The van der Waals surface area contributed by atoms with Gasteiger partial charge in [-0.2, -0.15) is 0 Å². The Hall–Kier alpha value is -0.593. The topological polar surface area (TPSA) is 61.8 Å². The number of nitrogens with one attached hydrogen (secondary N) is 1. The first-order valence-corrected chi connectivity index (χ1v) is 10.4. The number of piperazine rings is 1. The average Bonchev–Trinajstić information content (AvgIpc) is 2.62. The molecule has 0 unspecified atom stereocenters. The molecule has 2 bridgehead atoms. The van der Waals surface area contributed by atoms with Crippen molar-refractivity contribution in [3.8, 4) is 0 Å². The van der Waals surface area contributed by atoms with Gasteiger partial charge >= 0.3 is 6.09 Å². The summed E-state index contributed by atoms with van der Waals surface area (Å²) in [6.07, 6.45) is 1.15. The fraction of sp³-hybridized carbons (Fsp3) is 0.929. The highest BCUT2D eigenvalue weighted by Gasteiger charge is 2.46. The summed E-state index contributed by atoms with van der Waals surface area (Å²) < 4.78 is 6.27. The molecular formula is C14H28N2O3Si. The van der Waals surface area contributed by atoms with Gasteiger partial charge in [-0.1, -0.05) is 20.8 Å². The second kappa shape index (κ2) is 5.31. The standard InChI is InChI=1S/C14H28N2O3Si/c1-14(2,3)20(4,5)19-9-11-12-7-6-10(8-15-11)16(12)13(17)18/h10-12,15H,6-9H2,1-5H3,(H,17,18)/t10-,11+,12+/m1/s1. The molecule has 0 aromatic carbocycles. The third kappa shape index (κ3) is 2.87. The van der Waals surface area contributed by atoms with Gasteiger partial charge in [0.15, 0.2) is 8.32 Å². The van der Waals surface area contributed by atoms with Crippen LogP contribution in [0.25, 0.3) is 0 Å². The lowest BCUT2D eigenvalue weighted by Gasteiger charge is -2.42. The Balaban J connectivity index is 1.99. The van der Waals surface area contributed by atoms with Gasteiger partial charge in [0.25, 0.3) is 0 Å². The first-order chi connectivity index (χ1) is 9.13. The van der Waals surface area contributed by atoms with E-state index >= 15 is 0 Å². The van der Waals surface area contributed by atoms with Gasteiger partial charge in [-0.3, -0.25) is 4.90 Å². The quantitative estimate of drug-likeness (QED) is 0.786. The minimum absolute atomic E-state index is 0.0796. The minimum atomic E-state index is -1.77. The predicted octanol–water partition coefficient (Wildman–Crippen LogP) is 2.49. The van der Waals surface area contributed by atoms with Crippen molar-refractivity contribution < 1.29 is 14.3 Å². The summed E-state index contributed by atoms with van der Waals surface area (Å²) in [4.78, 5) is 13.0. The van der Waals surface area contributed by atoms with Gasteiger partial charge in [-0.15, -0.1) is 0 Å². The van der Waals surface area contributed by atoms with Gasteiger partial charge in [0, 0.05) is 18.6 Å². The SMILES string of the molecule is CC(C)(C)[Si](C)(C)OC[C@@H]1NC[C@H]2CC[C@@H]1N2C(=O)O. The Morgan fingerprint density at radius 1 is 1.40 bits per heavy atom. The number of hydrogen-bond donors (Lipinski definition) is 2. The monoisotopic (exact) mass is 300 g/mol. The number of hydrogen-bond acceptors (Lipinski definition) is 3. The van der Waals surface area contributed by atoms with Crippen LogP contribution in [0, 0.1) is 0 Å². The van der Waals surface area contributed by atoms with Crippen LogP contribution in [0.3, 0.4) is 0 Å². The normalized spacial score (nSPS) is 30.6. The molecule has 0 aliphatic carbocycles. The summed E-state index contributed by atoms with van der Waals surface area (Å²) in [7, 11) is -1.77. The molecule has 0 saturated carbocycles. The molecule has 2 N–H and O–H groups in total. The van der Waals surface area contributed by atoms with Crippen molar-refractivity contribution in [1.29, 1.82) is 0 Å². The fourth-order valence-electron chi connectivity index (χ4n) is 2.91. The highest BCUT2D eigenvalue weighted by molar-refractivity contribution is 6.74. The Kier molecular flexibility index (Phi) is 4.19. The number of carbonyl (C=O) groups is 1. The zero-order valence-corrected chi connectivity index (χ0v) is 14.3. The second-order valence-electron chi connectivity index (χ2n) is 7.57. The van der Waals surface area contributed by atoms with Crippen LogP contribution in [-0.4, -0.2) is 55.7 Å². The number of rotatable bonds is 3. The molecule has 0 spiro atoms. The molecule has 2 saturated heterocycles. The summed E-state index contributed by atoms with van der Waals surface area (Å²) in [5.41, 5.74) is 0. The maximum absolute atomic E-state index is 11.4. The van der Waals surface area contributed by atoms with E-state index in [1.165, 1.54) is 0 Å². The number of fused-ring (bicyclic) bond motifs is 2. The van der Waals surface area contributed by atoms with Crippen molar-refractivity contribution in [1.82, 2.24) is 10.2 Å². The first-order valence-electron chi connectivity index (χ1n) is 7.52. The predicted molar refractivity (Wildman–Crippen MR) is 81.6 cm³/mol.